The summed E-state index contributed by atoms with van der Waals surface area (Å²) in [6.07, 6.45) is -3.62. The molecule has 1 saturated heterocycles. The zero-order valence-corrected chi connectivity index (χ0v) is 24.4. The van der Waals surface area contributed by atoms with Gasteiger partial charge in [0.15, 0.2) is 12.7 Å². The standard InChI is InChI=1S/C25H25ClF3N5O6S2/c1-33-20(25(27,28)29)10-21(31-33)39-11-22(35)34-7-5-14(6-8-34)24-30-18(12-41-24)17-9-19(40-32-17)23-15(13-42(36,37)38)3-2-4-16(23)26/h2-4,10,12,14,19H,5-9,11,13H2,1H3,(H,36,37,38). The number of benzene rings is 1. The van der Waals surface area contributed by atoms with Gasteiger partial charge in [0.2, 0.25) is 5.88 Å². The number of aromatic nitrogens is 3. The van der Waals surface area contributed by atoms with Crippen LogP contribution in [0.5, 0.6) is 5.88 Å². The number of ether oxygens (including phenoxy) is 1. The number of piperidine rings is 1. The van der Waals surface area contributed by atoms with Crippen LogP contribution in [0.3, 0.4) is 0 Å². The van der Waals surface area contributed by atoms with E-state index in [2.05, 4.69) is 10.3 Å². The fourth-order valence-corrected chi connectivity index (χ4v) is 6.90. The van der Waals surface area contributed by atoms with Gasteiger partial charge in [-0.15, -0.1) is 16.4 Å². The van der Waals surface area contributed by atoms with Gasteiger partial charge in [-0.25, -0.2) is 4.98 Å². The molecule has 0 aliphatic carbocycles. The molecule has 42 heavy (non-hydrogen) atoms. The molecule has 2 aliphatic heterocycles. The van der Waals surface area contributed by atoms with E-state index in [1.807, 2.05) is 5.38 Å². The third kappa shape index (κ3) is 6.88. The maximum Gasteiger partial charge on any atom is 0.433 e. The minimum absolute atomic E-state index is 0.0995. The SMILES string of the molecule is Cn1nc(OCC(=O)N2CCC(c3nc(C4=NOC(c5c(Cl)cccc5CS(=O)(=O)O)C4)cs3)CC2)cc1C(F)(F)F. The first-order valence-electron chi connectivity index (χ1n) is 12.7. The molecule has 4 heterocycles. The van der Waals surface area contributed by atoms with Crippen molar-refractivity contribution in [1.29, 1.82) is 0 Å². The van der Waals surface area contributed by atoms with Crippen LogP contribution in [0.25, 0.3) is 0 Å². The lowest BCUT2D eigenvalue weighted by molar-refractivity contribution is -0.143. The number of oxime groups is 1. The molecule has 1 fully saturated rings. The summed E-state index contributed by atoms with van der Waals surface area (Å²) >= 11 is 7.80. The summed E-state index contributed by atoms with van der Waals surface area (Å²) in [4.78, 5) is 24.5. The average Bonchev–Trinajstić information content (AvgIpc) is 3.66. The van der Waals surface area contributed by atoms with Crippen molar-refractivity contribution in [3.63, 3.8) is 0 Å². The first-order chi connectivity index (χ1) is 19.8. The van der Waals surface area contributed by atoms with Crippen LogP contribution in [0.15, 0.2) is 34.8 Å². The third-order valence-corrected chi connectivity index (χ3v) is 8.99. The normalized spacial score (nSPS) is 18.2. The van der Waals surface area contributed by atoms with Gasteiger partial charge in [-0.1, -0.05) is 28.9 Å². The van der Waals surface area contributed by atoms with Gasteiger partial charge >= 0.3 is 6.18 Å². The van der Waals surface area contributed by atoms with E-state index in [0.29, 0.717) is 64.6 Å². The van der Waals surface area contributed by atoms with Crippen LogP contribution < -0.4 is 4.74 Å². The number of hydrogen-bond donors (Lipinski definition) is 1. The Morgan fingerprint density at radius 2 is 2.02 bits per heavy atom. The molecular formula is C25H25ClF3N5O6S2. The largest absolute Gasteiger partial charge is 0.466 e. The highest BCUT2D eigenvalue weighted by Gasteiger charge is 2.36. The number of alkyl halides is 3. The number of halogens is 4. The molecule has 11 nitrogen and oxygen atoms in total. The van der Waals surface area contributed by atoms with Crippen LogP contribution in [0.1, 0.15) is 58.8 Å². The number of thiazole rings is 1. The van der Waals surface area contributed by atoms with Crippen LogP contribution in [0.2, 0.25) is 5.02 Å². The van der Waals surface area contributed by atoms with Crippen LogP contribution in [-0.2, 0) is 38.7 Å². The molecule has 1 aromatic carbocycles. The Hall–Kier alpha value is -3.21. The molecule has 1 unspecified atom stereocenters. The molecule has 2 aromatic heterocycles. The van der Waals surface area contributed by atoms with E-state index in [4.69, 9.17) is 26.2 Å². The van der Waals surface area contributed by atoms with E-state index < -0.39 is 40.5 Å². The van der Waals surface area contributed by atoms with Crippen LogP contribution in [0, 0.1) is 0 Å². The number of likely N-dealkylation sites (tertiary alicyclic amines) is 1. The maximum atomic E-state index is 12.9. The smallest absolute Gasteiger partial charge is 0.433 e. The van der Waals surface area contributed by atoms with Crippen LogP contribution in [0.4, 0.5) is 13.2 Å². The number of hydrogen-bond acceptors (Lipinski definition) is 9. The van der Waals surface area contributed by atoms with Crippen molar-refractivity contribution in [3.05, 3.63) is 62.2 Å². The fraction of sp³-hybridized carbons (Fsp3) is 0.440. The highest BCUT2D eigenvalue weighted by molar-refractivity contribution is 7.85. The second-order valence-corrected chi connectivity index (χ2v) is 12.6. The van der Waals surface area contributed by atoms with Crippen molar-refractivity contribution in [2.45, 2.75) is 43.2 Å². The van der Waals surface area contributed by atoms with Gasteiger partial charge < -0.3 is 14.5 Å². The molecule has 0 spiro atoms. The summed E-state index contributed by atoms with van der Waals surface area (Å²) in [5.41, 5.74) is 0.999. The van der Waals surface area contributed by atoms with E-state index in [9.17, 15) is 30.9 Å². The van der Waals surface area contributed by atoms with Crippen LogP contribution in [-0.4, -0.2) is 64.0 Å². The fourth-order valence-electron chi connectivity index (χ4n) is 4.94. The van der Waals surface area contributed by atoms with Crippen molar-refractivity contribution >= 4 is 44.7 Å². The summed E-state index contributed by atoms with van der Waals surface area (Å²) in [7, 11) is -3.13. The minimum Gasteiger partial charge on any atom is -0.466 e. The van der Waals surface area contributed by atoms with Gasteiger partial charge in [0.1, 0.15) is 17.2 Å². The molecule has 5 rings (SSSR count). The summed E-state index contributed by atoms with van der Waals surface area (Å²) in [5, 5.41) is 10.9. The molecule has 17 heteroatoms. The minimum atomic E-state index is -4.57. The molecule has 2 aliphatic rings. The van der Waals surface area contributed by atoms with Gasteiger partial charge in [0.25, 0.3) is 16.0 Å². The topological polar surface area (TPSA) is 136 Å². The zero-order valence-electron chi connectivity index (χ0n) is 22.0. The zero-order chi connectivity index (χ0) is 30.2. The highest BCUT2D eigenvalue weighted by Crippen LogP contribution is 2.38. The second-order valence-electron chi connectivity index (χ2n) is 9.88. The number of nitrogens with zero attached hydrogens (tertiary/aromatic N) is 5. The Labute approximate surface area is 247 Å². The molecule has 3 aromatic rings. The molecule has 1 amide bonds. The number of carbonyl (C=O) groups excluding carboxylic acids is 1. The Kier molecular flexibility index (Phi) is 8.51. The summed E-state index contributed by atoms with van der Waals surface area (Å²) in [5.74, 6) is -1.12. The number of rotatable bonds is 8. The predicted octanol–water partition coefficient (Wildman–Crippen LogP) is 4.59. The Morgan fingerprint density at radius 1 is 1.29 bits per heavy atom. The Balaban J connectivity index is 1.15. The average molecular weight is 648 g/mol. The van der Waals surface area contributed by atoms with E-state index in [0.717, 1.165) is 18.1 Å². The number of carbonyl (C=O) groups is 1. The molecule has 226 valence electrons. The van der Waals surface area contributed by atoms with Crippen molar-refractivity contribution in [3.8, 4) is 5.88 Å². The van der Waals surface area contributed by atoms with Gasteiger partial charge in [-0.2, -0.15) is 21.6 Å². The first kappa shape index (κ1) is 30.3. The lowest BCUT2D eigenvalue weighted by Crippen LogP contribution is -2.40. The van der Waals surface area contributed by atoms with E-state index in [1.54, 1.807) is 23.1 Å². The lowest BCUT2D eigenvalue weighted by atomic mass is 9.97. The van der Waals surface area contributed by atoms with Gasteiger partial charge in [-0.3, -0.25) is 14.0 Å². The monoisotopic (exact) mass is 647 g/mol. The number of amides is 1. The molecule has 0 bridgehead atoms. The first-order valence-corrected chi connectivity index (χ1v) is 15.6. The van der Waals surface area contributed by atoms with Gasteiger partial charge in [0.05, 0.1) is 10.7 Å². The predicted molar refractivity (Wildman–Crippen MR) is 146 cm³/mol. The van der Waals surface area contributed by atoms with Crippen molar-refractivity contribution in [2.24, 2.45) is 12.2 Å². The maximum absolute atomic E-state index is 12.9. The molecule has 0 saturated carbocycles. The Morgan fingerprint density at radius 3 is 2.69 bits per heavy atom. The van der Waals surface area contributed by atoms with Crippen molar-refractivity contribution in [2.75, 3.05) is 19.7 Å². The highest BCUT2D eigenvalue weighted by atomic mass is 35.5. The molecule has 1 atom stereocenters. The summed E-state index contributed by atoms with van der Waals surface area (Å²) in [6, 6.07) is 5.52. The molecular weight excluding hydrogens is 623 g/mol. The Bertz CT molecular complexity index is 1620. The van der Waals surface area contributed by atoms with Crippen molar-refractivity contribution in [1.82, 2.24) is 19.7 Å². The second kappa shape index (κ2) is 11.8. The van der Waals surface area contributed by atoms with Crippen LogP contribution >= 0.6 is 22.9 Å². The molecule has 0 radical (unpaired) electrons. The summed E-state index contributed by atoms with van der Waals surface area (Å²) in [6.45, 7) is 0.457. The van der Waals surface area contributed by atoms with Gasteiger partial charge in [0, 0.05) is 54.5 Å². The summed E-state index contributed by atoms with van der Waals surface area (Å²) < 4.78 is 77.0. The van der Waals surface area contributed by atoms with Gasteiger partial charge in [-0.05, 0) is 24.5 Å². The van der Waals surface area contributed by atoms with E-state index in [-0.39, 0.29) is 17.7 Å². The van der Waals surface area contributed by atoms with E-state index >= 15 is 0 Å². The van der Waals surface area contributed by atoms with E-state index in [1.165, 1.54) is 11.3 Å². The molecule has 1 N–H and O–H groups in total. The number of aryl methyl sites for hydroxylation is 1. The quantitative estimate of drug-likeness (QED) is 0.351. The third-order valence-electron chi connectivity index (χ3n) is 6.98. The van der Waals surface area contributed by atoms with Crippen molar-refractivity contribution < 1.29 is 40.5 Å². The lowest BCUT2D eigenvalue weighted by Gasteiger charge is -2.31.